The van der Waals surface area contributed by atoms with E-state index in [9.17, 15) is 4.55 Å². The zero-order chi connectivity index (χ0) is 17.5. The molecule has 25 heavy (non-hydrogen) atoms. The predicted octanol–water partition coefficient (Wildman–Crippen LogP) is 3.66. The molecule has 134 valence electrons. The highest BCUT2D eigenvalue weighted by Gasteiger charge is 2.18. The minimum Gasteiger partial charge on any atom is -0.611 e. The summed E-state index contributed by atoms with van der Waals surface area (Å²) in [6.45, 7) is 6.47. The molecule has 5 heteroatoms. The summed E-state index contributed by atoms with van der Waals surface area (Å²) >= 11 is 4.95. The Morgan fingerprint density at radius 2 is 1.52 bits per heavy atom. The van der Waals surface area contributed by atoms with Crippen molar-refractivity contribution in [3.05, 3.63) is 65.2 Å². The first-order valence-electron chi connectivity index (χ1n) is 8.83. The van der Waals surface area contributed by atoms with Crippen molar-refractivity contribution in [3.63, 3.8) is 0 Å². The molecule has 0 bridgehead atoms. The summed E-state index contributed by atoms with van der Waals surface area (Å²) in [6, 6.07) is 18.0. The van der Waals surface area contributed by atoms with E-state index in [-0.39, 0.29) is 0 Å². The van der Waals surface area contributed by atoms with Crippen LogP contribution in [-0.4, -0.2) is 52.8 Å². The highest BCUT2D eigenvalue weighted by Crippen LogP contribution is 2.16. The lowest BCUT2D eigenvalue weighted by Crippen LogP contribution is -2.46. The Morgan fingerprint density at radius 3 is 2.20 bits per heavy atom. The second kappa shape index (κ2) is 9.60. The maximum Gasteiger partial charge on any atom is 0.152 e. The van der Waals surface area contributed by atoms with Crippen molar-refractivity contribution in [2.24, 2.45) is 0 Å². The van der Waals surface area contributed by atoms with Crippen LogP contribution in [0.25, 0.3) is 0 Å². The van der Waals surface area contributed by atoms with E-state index in [0.29, 0.717) is 10.8 Å². The van der Waals surface area contributed by atoms with Gasteiger partial charge in [0.2, 0.25) is 0 Å². The van der Waals surface area contributed by atoms with Crippen LogP contribution in [0.2, 0.25) is 5.02 Å². The Hall–Kier alpha value is -1.04. The number of piperazine rings is 1. The fourth-order valence-corrected chi connectivity index (χ4v) is 4.33. The van der Waals surface area contributed by atoms with E-state index in [2.05, 4.69) is 40.1 Å². The fourth-order valence-electron chi connectivity index (χ4n) is 3.14. The summed E-state index contributed by atoms with van der Waals surface area (Å²) in [5.74, 6) is 0.714. The smallest absolute Gasteiger partial charge is 0.152 e. The largest absolute Gasteiger partial charge is 0.611 e. The molecule has 0 aliphatic carbocycles. The predicted molar refractivity (Wildman–Crippen MR) is 106 cm³/mol. The zero-order valence-corrected chi connectivity index (χ0v) is 16.0. The highest BCUT2D eigenvalue weighted by molar-refractivity contribution is 7.91. The average Bonchev–Trinajstić information content (AvgIpc) is 2.64. The van der Waals surface area contributed by atoms with Crippen molar-refractivity contribution >= 4 is 22.8 Å². The molecule has 1 saturated heterocycles. The number of benzene rings is 2. The Morgan fingerprint density at radius 1 is 0.880 bits per heavy atom. The molecular formula is C20H25ClN2OS. The van der Waals surface area contributed by atoms with Gasteiger partial charge in [0.05, 0.1) is 0 Å². The minimum atomic E-state index is -0.925. The van der Waals surface area contributed by atoms with Gasteiger partial charge >= 0.3 is 0 Å². The molecule has 1 unspecified atom stereocenters. The molecule has 0 spiro atoms. The van der Waals surface area contributed by atoms with Crippen molar-refractivity contribution in [2.75, 3.05) is 38.5 Å². The quantitative estimate of drug-likeness (QED) is 0.691. The van der Waals surface area contributed by atoms with Gasteiger partial charge in [-0.3, -0.25) is 4.90 Å². The monoisotopic (exact) mass is 376 g/mol. The molecule has 0 aromatic heterocycles. The molecular weight excluding hydrogens is 352 g/mol. The minimum absolute atomic E-state index is 0.689. The van der Waals surface area contributed by atoms with Crippen molar-refractivity contribution < 1.29 is 4.55 Å². The normalized spacial score (nSPS) is 17.5. The Balaban J connectivity index is 1.34. The molecule has 0 saturated carbocycles. The first-order chi connectivity index (χ1) is 12.2. The van der Waals surface area contributed by atoms with Crippen LogP contribution in [0.15, 0.2) is 59.5 Å². The van der Waals surface area contributed by atoms with Crippen LogP contribution in [0.3, 0.4) is 0 Å². The van der Waals surface area contributed by atoms with Gasteiger partial charge in [-0.25, -0.2) is 0 Å². The molecule has 1 aliphatic rings. The van der Waals surface area contributed by atoms with Crippen LogP contribution < -0.4 is 0 Å². The summed E-state index contributed by atoms with van der Waals surface area (Å²) in [5.41, 5.74) is 1.38. The molecule has 1 atom stereocenters. The molecule has 0 radical (unpaired) electrons. The van der Waals surface area contributed by atoms with E-state index in [4.69, 9.17) is 11.6 Å². The highest BCUT2D eigenvalue weighted by atomic mass is 35.5. The molecule has 1 fully saturated rings. The van der Waals surface area contributed by atoms with E-state index in [1.54, 1.807) is 12.1 Å². The topological polar surface area (TPSA) is 29.5 Å². The van der Waals surface area contributed by atoms with Crippen LogP contribution in [0, 0.1) is 0 Å². The second-order valence-electron chi connectivity index (χ2n) is 6.46. The fraction of sp³-hybridized carbons (Fsp3) is 0.400. The van der Waals surface area contributed by atoms with Crippen LogP contribution in [0.4, 0.5) is 0 Å². The van der Waals surface area contributed by atoms with Gasteiger partial charge in [-0.1, -0.05) is 41.9 Å². The average molecular weight is 377 g/mol. The SMILES string of the molecule is [O-][S+](CCCN1CCN(Cc2ccccc2)CC1)c1ccc(Cl)cc1. The number of halogens is 1. The van der Waals surface area contributed by atoms with Crippen LogP contribution in [0.1, 0.15) is 12.0 Å². The van der Waals surface area contributed by atoms with E-state index < -0.39 is 11.2 Å². The maximum atomic E-state index is 12.3. The molecule has 2 aromatic rings. The van der Waals surface area contributed by atoms with Crippen LogP contribution in [-0.2, 0) is 17.7 Å². The van der Waals surface area contributed by atoms with E-state index in [0.717, 1.165) is 50.6 Å². The summed E-state index contributed by atoms with van der Waals surface area (Å²) in [5, 5.41) is 0.689. The Bertz CT molecular complexity index is 630. The number of nitrogens with zero attached hydrogens (tertiary/aromatic N) is 2. The summed E-state index contributed by atoms with van der Waals surface area (Å²) < 4.78 is 12.3. The molecule has 0 amide bonds. The van der Waals surface area contributed by atoms with Gasteiger partial charge in [0, 0.05) is 50.7 Å². The first kappa shape index (κ1) is 18.7. The third-order valence-electron chi connectivity index (χ3n) is 4.59. The van der Waals surface area contributed by atoms with Gasteiger partial charge in [-0.2, -0.15) is 0 Å². The third-order valence-corrected chi connectivity index (χ3v) is 6.30. The summed E-state index contributed by atoms with van der Waals surface area (Å²) in [7, 11) is 0. The first-order valence-corrected chi connectivity index (χ1v) is 10.5. The molecule has 3 rings (SSSR count). The lowest BCUT2D eigenvalue weighted by atomic mass is 10.2. The second-order valence-corrected chi connectivity index (χ2v) is 8.47. The third kappa shape index (κ3) is 6.01. The molecule has 3 nitrogen and oxygen atoms in total. The van der Waals surface area contributed by atoms with Gasteiger partial charge in [0.25, 0.3) is 0 Å². The zero-order valence-electron chi connectivity index (χ0n) is 14.4. The molecule has 1 aliphatic heterocycles. The van der Waals surface area contributed by atoms with Gasteiger partial charge < -0.3 is 9.45 Å². The van der Waals surface area contributed by atoms with Gasteiger partial charge in [-0.05, 0) is 41.0 Å². The maximum absolute atomic E-state index is 12.3. The van der Waals surface area contributed by atoms with Gasteiger partial charge in [0.1, 0.15) is 5.75 Å². The Kier molecular flexibility index (Phi) is 7.20. The van der Waals surface area contributed by atoms with Crippen molar-refractivity contribution in [1.29, 1.82) is 0 Å². The molecule has 2 aromatic carbocycles. The van der Waals surface area contributed by atoms with Crippen molar-refractivity contribution in [3.8, 4) is 0 Å². The van der Waals surface area contributed by atoms with E-state index in [1.165, 1.54) is 5.56 Å². The standard InChI is InChI=1S/C20H25ClN2OS/c21-19-7-9-20(10-8-19)25(24)16-4-11-22-12-14-23(15-13-22)17-18-5-2-1-3-6-18/h1-3,5-10H,4,11-17H2. The number of rotatable bonds is 7. The lowest BCUT2D eigenvalue weighted by Gasteiger charge is -2.34. The Labute approximate surface area is 158 Å². The molecule has 0 N–H and O–H groups in total. The van der Waals surface area contributed by atoms with Crippen molar-refractivity contribution in [2.45, 2.75) is 17.9 Å². The summed E-state index contributed by atoms with van der Waals surface area (Å²) in [6.07, 6.45) is 0.966. The van der Waals surface area contributed by atoms with E-state index in [1.807, 2.05) is 12.1 Å². The van der Waals surface area contributed by atoms with Crippen LogP contribution >= 0.6 is 11.6 Å². The lowest BCUT2D eigenvalue weighted by molar-refractivity contribution is 0.127. The van der Waals surface area contributed by atoms with E-state index >= 15 is 0 Å². The van der Waals surface area contributed by atoms with Gasteiger partial charge in [-0.15, -0.1) is 0 Å². The molecule has 1 heterocycles. The summed E-state index contributed by atoms with van der Waals surface area (Å²) in [4.78, 5) is 5.87. The van der Waals surface area contributed by atoms with Gasteiger partial charge in [0.15, 0.2) is 4.90 Å². The van der Waals surface area contributed by atoms with Crippen LogP contribution in [0.5, 0.6) is 0 Å². The number of hydrogen-bond acceptors (Lipinski definition) is 3. The number of hydrogen-bond donors (Lipinski definition) is 0. The van der Waals surface area contributed by atoms with Crippen molar-refractivity contribution in [1.82, 2.24) is 9.80 Å².